The molecule has 9 heteroatoms. The van der Waals surface area contributed by atoms with Gasteiger partial charge >= 0.3 is 5.97 Å². The number of amides is 2. The van der Waals surface area contributed by atoms with E-state index in [-0.39, 0.29) is 31.3 Å². The van der Waals surface area contributed by atoms with E-state index < -0.39 is 24.0 Å². The summed E-state index contributed by atoms with van der Waals surface area (Å²) in [4.78, 5) is 38.9. The average Bonchev–Trinajstić information content (AvgIpc) is 2.75. The summed E-state index contributed by atoms with van der Waals surface area (Å²) in [6.45, 7) is 6.10. The highest BCUT2D eigenvalue weighted by Crippen LogP contribution is 2.25. The summed E-state index contributed by atoms with van der Waals surface area (Å²) in [5.74, 6) is 0.313. The van der Waals surface area contributed by atoms with Crippen molar-refractivity contribution in [3.63, 3.8) is 0 Å². The van der Waals surface area contributed by atoms with E-state index in [2.05, 4.69) is 5.32 Å². The third kappa shape index (κ3) is 8.74. The summed E-state index contributed by atoms with van der Waals surface area (Å²) in [5, 5.41) is 2.64. The Labute approximate surface area is 190 Å². The van der Waals surface area contributed by atoms with Crippen molar-refractivity contribution < 1.29 is 28.6 Å². The number of nitrogens with zero attached hydrogens (tertiary/aromatic N) is 1. The number of esters is 1. The Morgan fingerprint density at radius 1 is 1.16 bits per heavy atom. The molecule has 32 heavy (non-hydrogen) atoms. The topological polar surface area (TPSA) is 120 Å². The molecule has 0 bridgehead atoms. The molecule has 0 heterocycles. The quantitative estimate of drug-likeness (QED) is 0.439. The van der Waals surface area contributed by atoms with Gasteiger partial charge in [-0.15, -0.1) is 0 Å². The lowest BCUT2D eigenvalue weighted by atomic mass is 10.0. The summed E-state index contributed by atoms with van der Waals surface area (Å²) in [6.07, 6.45) is 0.660. The zero-order valence-corrected chi connectivity index (χ0v) is 20.0. The van der Waals surface area contributed by atoms with Crippen LogP contribution in [0.3, 0.4) is 0 Å². The second-order valence-corrected chi connectivity index (χ2v) is 8.02. The van der Waals surface area contributed by atoms with Gasteiger partial charge in [-0.3, -0.25) is 9.59 Å². The molecule has 0 spiro atoms. The molecule has 3 N–H and O–H groups in total. The predicted molar refractivity (Wildman–Crippen MR) is 121 cm³/mol. The number of carbonyl (C=O) groups is 3. The minimum Gasteiger partial charge on any atom is -0.497 e. The molecule has 1 rings (SSSR count). The lowest BCUT2D eigenvalue weighted by molar-refractivity contribution is -0.148. The van der Waals surface area contributed by atoms with Gasteiger partial charge in [-0.25, -0.2) is 4.79 Å². The lowest BCUT2D eigenvalue weighted by Crippen LogP contribution is -2.49. The lowest BCUT2D eigenvalue weighted by Gasteiger charge is -2.22. The van der Waals surface area contributed by atoms with E-state index in [9.17, 15) is 14.4 Å². The monoisotopic (exact) mass is 451 g/mol. The molecule has 9 nitrogen and oxygen atoms in total. The highest BCUT2D eigenvalue weighted by Gasteiger charge is 2.26. The van der Waals surface area contributed by atoms with Crippen molar-refractivity contribution in [3.05, 3.63) is 23.8 Å². The first-order chi connectivity index (χ1) is 15.1. The minimum atomic E-state index is -0.937. The molecule has 180 valence electrons. The Balaban J connectivity index is 2.76. The maximum absolute atomic E-state index is 12.7. The van der Waals surface area contributed by atoms with Crippen molar-refractivity contribution in [2.45, 2.75) is 58.7 Å². The number of benzene rings is 1. The van der Waals surface area contributed by atoms with E-state index in [1.807, 2.05) is 19.9 Å². The van der Waals surface area contributed by atoms with Crippen LogP contribution in [-0.4, -0.2) is 62.6 Å². The van der Waals surface area contributed by atoms with Gasteiger partial charge < -0.3 is 30.2 Å². The van der Waals surface area contributed by atoms with Gasteiger partial charge in [0.25, 0.3) is 0 Å². The molecule has 1 aromatic carbocycles. The fraction of sp³-hybridized carbons (Fsp3) is 0.609. The number of carbonyl (C=O) groups excluding carboxylic acids is 3. The van der Waals surface area contributed by atoms with E-state index in [0.29, 0.717) is 24.5 Å². The molecule has 0 saturated heterocycles. The second-order valence-electron chi connectivity index (χ2n) is 8.02. The molecule has 0 saturated carbocycles. The van der Waals surface area contributed by atoms with Gasteiger partial charge in [-0.2, -0.15) is 0 Å². The van der Waals surface area contributed by atoms with Crippen molar-refractivity contribution in [1.82, 2.24) is 10.2 Å². The van der Waals surface area contributed by atoms with Crippen LogP contribution in [0.25, 0.3) is 0 Å². The van der Waals surface area contributed by atoms with E-state index in [1.165, 1.54) is 0 Å². The van der Waals surface area contributed by atoms with Crippen LogP contribution in [0.4, 0.5) is 0 Å². The fourth-order valence-electron chi connectivity index (χ4n) is 3.17. The summed E-state index contributed by atoms with van der Waals surface area (Å²) >= 11 is 0. The number of methoxy groups -OCH3 is 2. The SMILES string of the molecule is CCOC(=O)[C@H](CCC(=O)N(C)Cc1ccc(OC)cc1OC)NC(=O)C(N)CC(C)C. The van der Waals surface area contributed by atoms with Gasteiger partial charge in [0.1, 0.15) is 17.5 Å². The maximum atomic E-state index is 12.7. The zero-order chi connectivity index (χ0) is 24.3. The van der Waals surface area contributed by atoms with Crippen LogP contribution in [-0.2, 0) is 25.7 Å². The number of nitrogens with two attached hydrogens (primary N) is 1. The number of hydrogen-bond acceptors (Lipinski definition) is 7. The molecule has 0 aromatic heterocycles. The van der Waals surface area contributed by atoms with Crippen LogP contribution >= 0.6 is 0 Å². The zero-order valence-electron chi connectivity index (χ0n) is 20.0. The van der Waals surface area contributed by atoms with Gasteiger partial charge in [0.15, 0.2) is 0 Å². The Morgan fingerprint density at radius 2 is 1.84 bits per heavy atom. The van der Waals surface area contributed by atoms with Gasteiger partial charge in [-0.1, -0.05) is 13.8 Å². The molecule has 0 aliphatic carbocycles. The van der Waals surface area contributed by atoms with Crippen molar-refractivity contribution in [2.24, 2.45) is 11.7 Å². The number of nitrogens with one attached hydrogen (secondary N) is 1. The summed E-state index contributed by atoms with van der Waals surface area (Å²) in [5.41, 5.74) is 6.74. The molecule has 0 aliphatic rings. The number of rotatable bonds is 13. The van der Waals surface area contributed by atoms with Crippen molar-refractivity contribution in [3.8, 4) is 11.5 Å². The van der Waals surface area contributed by atoms with E-state index in [0.717, 1.165) is 5.56 Å². The molecule has 0 aliphatic heterocycles. The Hall–Kier alpha value is -2.81. The van der Waals surface area contributed by atoms with Gasteiger partial charge in [0, 0.05) is 31.6 Å². The van der Waals surface area contributed by atoms with E-state index in [1.54, 1.807) is 45.2 Å². The van der Waals surface area contributed by atoms with Gasteiger partial charge in [-0.05, 0) is 37.8 Å². The van der Waals surface area contributed by atoms with Crippen molar-refractivity contribution >= 4 is 17.8 Å². The smallest absolute Gasteiger partial charge is 0.328 e. The van der Waals surface area contributed by atoms with Crippen LogP contribution in [0, 0.1) is 5.92 Å². The average molecular weight is 452 g/mol. The van der Waals surface area contributed by atoms with Crippen LogP contribution in [0.2, 0.25) is 0 Å². The predicted octanol–water partition coefficient (Wildman–Crippen LogP) is 1.86. The Bertz CT molecular complexity index is 768. The van der Waals surface area contributed by atoms with Crippen LogP contribution < -0.4 is 20.5 Å². The molecule has 2 amide bonds. The highest BCUT2D eigenvalue weighted by molar-refractivity contribution is 5.88. The minimum absolute atomic E-state index is 0.0537. The molecule has 1 aromatic rings. The van der Waals surface area contributed by atoms with Crippen LogP contribution in [0.5, 0.6) is 11.5 Å². The standard InChI is InChI=1S/C23H37N3O6/c1-7-32-23(29)19(25-22(28)18(24)12-15(2)3)10-11-21(27)26(4)14-16-8-9-17(30-5)13-20(16)31-6/h8-9,13,15,18-19H,7,10-12,14,24H2,1-6H3,(H,25,28)/t18?,19-/m0/s1. The summed E-state index contributed by atoms with van der Waals surface area (Å²) < 4.78 is 15.6. The van der Waals surface area contributed by atoms with Gasteiger partial charge in [0.2, 0.25) is 11.8 Å². The first-order valence-electron chi connectivity index (χ1n) is 10.8. The summed E-state index contributed by atoms with van der Waals surface area (Å²) in [7, 11) is 4.79. The molecule has 0 radical (unpaired) electrons. The van der Waals surface area contributed by atoms with Crippen LogP contribution in [0.15, 0.2) is 18.2 Å². The highest BCUT2D eigenvalue weighted by atomic mass is 16.5. The third-order valence-electron chi connectivity index (χ3n) is 4.92. The van der Waals surface area contributed by atoms with Gasteiger partial charge in [0.05, 0.1) is 26.9 Å². The first-order valence-corrected chi connectivity index (χ1v) is 10.8. The first kappa shape index (κ1) is 27.2. The van der Waals surface area contributed by atoms with E-state index in [4.69, 9.17) is 19.9 Å². The molecular weight excluding hydrogens is 414 g/mol. The van der Waals surface area contributed by atoms with Crippen molar-refractivity contribution in [1.29, 1.82) is 0 Å². The third-order valence-corrected chi connectivity index (χ3v) is 4.92. The van der Waals surface area contributed by atoms with E-state index >= 15 is 0 Å². The largest absolute Gasteiger partial charge is 0.497 e. The Morgan fingerprint density at radius 3 is 2.41 bits per heavy atom. The second kappa shape index (κ2) is 13.6. The van der Waals surface area contributed by atoms with Crippen molar-refractivity contribution in [2.75, 3.05) is 27.9 Å². The summed E-state index contributed by atoms with van der Waals surface area (Å²) in [6, 6.07) is 3.71. The normalized spacial score (nSPS) is 12.6. The molecule has 1 unspecified atom stereocenters. The maximum Gasteiger partial charge on any atom is 0.328 e. The molecule has 2 atom stereocenters. The Kier molecular flexibility index (Phi) is 11.5. The molecule has 0 fully saturated rings. The van der Waals surface area contributed by atoms with Crippen LogP contribution in [0.1, 0.15) is 45.6 Å². The fourth-order valence-corrected chi connectivity index (χ4v) is 3.17. The molecular formula is C23H37N3O6. The number of hydrogen-bond donors (Lipinski definition) is 2. The number of ether oxygens (including phenoxy) is 3.